The van der Waals surface area contributed by atoms with Gasteiger partial charge in [-0.15, -0.1) is 0 Å². The third-order valence-electron chi connectivity index (χ3n) is 10.4. The molecule has 0 aliphatic rings. The monoisotopic (exact) mass is 706 g/mol. The van der Waals surface area contributed by atoms with Crippen molar-refractivity contribution in [3.63, 3.8) is 0 Å². The van der Waals surface area contributed by atoms with Crippen molar-refractivity contribution < 1.29 is 9.52 Å². The van der Waals surface area contributed by atoms with Crippen LogP contribution in [0.15, 0.2) is 204 Å². The zero-order valence-electron chi connectivity index (χ0n) is 29.8. The van der Waals surface area contributed by atoms with E-state index in [0.717, 1.165) is 66.5 Å². The zero-order chi connectivity index (χ0) is 36.7. The summed E-state index contributed by atoms with van der Waals surface area (Å²) in [6.45, 7) is 0. The summed E-state index contributed by atoms with van der Waals surface area (Å²) in [4.78, 5) is 6.85. The van der Waals surface area contributed by atoms with Crippen molar-refractivity contribution in [3.05, 3.63) is 200 Å². The van der Waals surface area contributed by atoms with Gasteiger partial charge < -0.3 is 14.4 Å². The first kappa shape index (κ1) is 32.2. The van der Waals surface area contributed by atoms with Crippen molar-refractivity contribution in [2.24, 2.45) is 4.99 Å². The van der Waals surface area contributed by atoms with Gasteiger partial charge in [-0.25, -0.2) is 0 Å². The minimum atomic E-state index is 0.145. The molecule has 4 heteroatoms. The first-order chi connectivity index (χ1) is 27.2. The van der Waals surface area contributed by atoms with E-state index in [-0.39, 0.29) is 5.75 Å². The fourth-order valence-electron chi connectivity index (χ4n) is 7.64. The maximum atomic E-state index is 10.2. The molecule has 1 N–H and O–H groups in total. The summed E-state index contributed by atoms with van der Waals surface area (Å²) in [7, 11) is 0. The molecule has 0 amide bonds. The van der Waals surface area contributed by atoms with E-state index in [0.29, 0.717) is 5.69 Å². The Labute approximate surface area is 318 Å². The fraction of sp³-hybridized carbons (Fsp3) is 0. The molecule has 0 saturated carbocycles. The maximum Gasteiger partial charge on any atom is 0.143 e. The average Bonchev–Trinajstić information content (AvgIpc) is 3.63. The van der Waals surface area contributed by atoms with Crippen LogP contribution in [-0.4, -0.2) is 11.3 Å². The molecule has 260 valence electrons. The second kappa shape index (κ2) is 13.5. The van der Waals surface area contributed by atoms with E-state index in [9.17, 15) is 5.11 Å². The molecule has 4 nitrogen and oxygen atoms in total. The standard InChI is InChI=1S/C51H34N2O2/c54-48-17-9-8-16-47(48)52-33-34-18-29-45-49(30-34)55-51-46(32-40-14-6-7-15-44(40)50(45)51)38-22-26-42(27-23-38)53(43-28-21-36-12-4-5-13-39(36)31-43)41-24-19-37(20-25-41)35-10-2-1-3-11-35/h1-33,54H/b52-33+. The molecule has 0 radical (unpaired) electrons. The van der Waals surface area contributed by atoms with Crippen LogP contribution in [0, 0.1) is 0 Å². The normalized spacial score (nSPS) is 11.6. The summed E-state index contributed by atoms with van der Waals surface area (Å²) in [5.41, 5.74) is 10.7. The van der Waals surface area contributed by atoms with E-state index in [4.69, 9.17) is 4.42 Å². The summed E-state index contributed by atoms with van der Waals surface area (Å²) in [6, 6.07) is 67.2. The highest BCUT2D eigenvalue weighted by Gasteiger charge is 2.18. The van der Waals surface area contributed by atoms with Gasteiger partial charge in [-0.05, 0) is 111 Å². The molecule has 0 unspecified atom stereocenters. The molecule has 1 heterocycles. The van der Waals surface area contributed by atoms with Crippen LogP contribution in [-0.2, 0) is 0 Å². The number of phenols is 1. The van der Waals surface area contributed by atoms with Crippen LogP contribution in [0.2, 0.25) is 0 Å². The predicted octanol–water partition coefficient (Wildman–Crippen LogP) is 14.2. The van der Waals surface area contributed by atoms with Gasteiger partial charge in [-0.1, -0.05) is 127 Å². The van der Waals surface area contributed by atoms with Crippen LogP contribution in [0.3, 0.4) is 0 Å². The van der Waals surface area contributed by atoms with Crippen molar-refractivity contribution >= 4 is 72.4 Å². The molecule has 10 rings (SSSR count). The van der Waals surface area contributed by atoms with Gasteiger partial charge in [-0.2, -0.15) is 0 Å². The maximum absolute atomic E-state index is 10.2. The largest absolute Gasteiger partial charge is 0.506 e. The Balaban J connectivity index is 1.07. The first-order valence-electron chi connectivity index (χ1n) is 18.4. The number of phenolic OH excluding ortho intramolecular Hbond substituents is 1. The molecule has 0 fully saturated rings. The quantitative estimate of drug-likeness (QED) is 0.168. The lowest BCUT2D eigenvalue weighted by molar-refractivity contribution is 0.477. The number of benzene rings is 9. The summed E-state index contributed by atoms with van der Waals surface area (Å²) < 4.78 is 6.75. The van der Waals surface area contributed by atoms with E-state index >= 15 is 0 Å². The van der Waals surface area contributed by atoms with E-state index in [1.54, 1.807) is 24.4 Å². The molecule has 0 aliphatic heterocycles. The smallest absolute Gasteiger partial charge is 0.143 e. The van der Waals surface area contributed by atoms with E-state index in [1.165, 1.54) is 21.9 Å². The molecule has 0 bridgehead atoms. The Morgan fingerprint density at radius 2 is 1.11 bits per heavy atom. The topological polar surface area (TPSA) is 49.0 Å². The molecular weight excluding hydrogens is 673 g/mol. The van der Waals surface area contributed by atoms with Gasteiger partial charge in [0.2, 0.25) is 0 Å². The molecule has 0 saturated heterocycles. The summed E-state index contributed by atoms with van der Waals surface area (Å²) >= 11 is 0. The zero-order valence-corrected chi connectivity index (χ0v) is 29.8. The lowest BCUT2D eigenvalue weighted by Gasteiger charge is -2.26. The van der Waals surface area contributed by atoms with E-state index in [1.807, 2.05) is 24.3 Å². The van der Waals surface area contributed by atoms with Crippen LogP contribution in [0.4, 0.5) is 22.7 Å². The highest BCUT2D eigenvalue weighted by Crippen LogP contribution is 2.43. The number of aliphatic imine (C=N–C) groups is 1. The van der Waals surface area contributed by atoms with Gasteiger partial charge in [0.1, 0.15) is 22.6 Å². The summed E-state index contributed by atoms with van der Waals surface area (Å²) in [5.74, 6) is 0.145. The lowest BCUT2D eigenvalue weighted by atomic mass is 9.96. The second-order valence-electron chi connectivity index (χ2n) is 13.8. The SMILES string of the molecule is Oc1ccccc1/N=C/c1ccc2c(c1)oc1c(-c3ccc(N(c4ccc(-c5ccccc5)cc4)c4ccc5ccccc5c4)cc3)cc3ccccc3c12. The third kappa shape index (κ3) is 5.96. The molecule has 0 aliphatic carbocycles. The van der Waals surface area contributed by atoms with Crippen LogP contribution >= 0.6 is 0 Å². The number of aromatic hydroxyl groups is 1. The number of fused-ring (bicyclic) bond motifs is 6. The van der Waals surface area contributed by atoms with Gasteiger partial charge in [0, 0.05) is 39.6 Å². The fourth-order valence-corrected chi connectivity index (χ4v) is 7.64. The highest BCUT2D eigenvalue weighted by molar-refractivity contribution is 6.22. The molecule has 0 atom stereocenters. The predicted molar refractivity (Wildman–Crippen MR) is 230 cm³/mol. The summed E-state index contributed by atoms with van der Waals surface area (Å²) in [5, 5.41) is 17.0. The number of hydrogen-bond acceptors (Lipinski definition) is 4. The Kier molecular flexibility index (Phi) is 7.93. The number of nitrogens with zero attached hydrogens (tertiary/aromatic N) is 2. The van der Waals surface area contributed by atoms with Gasteiger partial charge in [-0.3, -0.25) is 4.99 Å². The molecule has 0 spiro atoms. The highest BCUT2D eigenvalue weighted by atomic mass is 16.3. The lowest BCUT2D eigenvalue weighted by Crippen LogP contribution is -2.09. The Morgan fingerprint density at radius 3 is 1.89 bits per heavy atom. The van der Waals surface area contributed by atoms with Gasteiger partial charge >= 0.3 is 0 Å². The Hall–Kier alpha value is -7.43. The number of furan rings is 1. The van der Waals surface area contributed by atoms with Gasteiger partial charge in [0.15, 0.2) is 0 Å². The summed E-state index contributed by atoms with van der Waals surface area (Å²) in [6.07, 6.45) is 1.76. The number of hydrogen-bond donors (Lipinski definition) is 1. The molecule has 1 aromatic heterocycles. The molecule has 9 aromatic carbocycles. The van der Waals surface area contributed by atoms with Crippen molar-refractivity contribution in [2.45, 2.75) is 0 Å². The second-order valence-corrected chi connectivity index (χ2v) is 13.8. The number of rotatable bonds is 7. The first-order valence-corrected chi connectivity index (χ1v) is 18.4. The number of para-hydroxylation sites is 2. The van der Waals surface area contributed by atoms with Crippen molar-refractivity contribution in [3.8, 4) is 28.0 Å². The van der Waals surface area contributed by atoms with Crippen molar-refractivity contribution in [1.82, 2.24) is 0 Å². The van der Waals surface area contributed by atoms with Gasteiger partial charge in [0.05, 0.1) is 0 Å². The van der Waals surface area contributed by atoms with Crippen LogP contribution in [0.5, 0.6) is 5.75 Å². The van der Waals surface area contributed by atoms with Crippen LogP contribution in [0.25, 0.3) is 65.7 Å². The Bertz CT molecular complexity index is 3040. The van der Waals surface area contributed by atoms with Gasteiger partial charge in [0.25, 0.3) is 0 Å². The minimum absolute atomic E-state index is 0.145. The molecular formula is C51H34N2O2. The van der Waals surface area contributed by atoms with Crippen LogP contribution < -0.4 is 4.90 Å². The third-order valence-corrected chi connectivity index (χ3v) is 10.4. The van der Waals surface area contributed by atoms with E-state index < -0.39 is 0 Å². The van der Waals surface area contributed by atoms with Crippen LogP contribution in [0.1, 0.15) is 5.56 Å². The molecule has 55 heavy (non-hydrogen) atoms. The van der Waals surface area contributed by atoms with Crippen molar-refractivity contribution in [1.29, 1.82) is 0 Å². The average molecular weight is 707 g/mol. The van der Waals surface area contributed by atoms with Crippen molar-refractivity contribution in [2.75, 3.05) is 4.90 Å². The van der Waals surface area contributed by atoms with E-state index in [2.05, 4.69) is 162 Å². The minimum Gasteiger partial charge on any atom is -0.506 e. The number of anilines is 3. The Morgan fingerprint density at radius 1 is 0.473 bits per heavy atom. The molecule has 10 aromatic rings.